The summed E-state index contributed by atoms with van der Waals surface area (Å²) in [5.74, 6) is 2.28. The zero-order chi connectivity index (χ0) is 18.4. The number of carbonyl (C=O) groups is 1. The van der Waals surface area contributed by atoms with Crippen molar-refractivity contribution in [3.05, 3.63) is 47.9 Å². The summed E-state index contributed by atoms with van der Waals surface area (Å²) in [7, 11) is 3.24. The maximum absolute atomic E-state index is 12.6. The number of hydrogen-bond acceptors (Lipinski definition) is 5. The van der Waals surface area contributed by atoms with E-state index in [1.54, 1.807) is 20.5 Å². The zero-order valence-electron chi connectivity index (χ0n) is 15.4. The number of furan rings is 1. The van der Waals surface area contributed by atoms with E-state index in [0.29, 0.717) is 37.2 Å². The quantitative estimate of drug-likeness (QED) is 0.707. The fourth-order valence-electron chi connectivity index (χ4n) is 2.81. The number of hydrogen-bond donors (Lipinski definition) is 1. The first-order valence-corrected chi connectivity index (χ1v) is 8.94. The number of nitrogens with one attached hydrogen (secondary N) is 1. The smallest absolute Gasteiger partial charge is 0.236 e. The van der Waals surface area contributed by atoms with Crippen molar-refractivity contribution in [2.24, 2.45) is 0 Å². The van der Waals surface area contributed by atoms with E-state index in [1.165, 1.54) is 0 Å². The average molecular weight is 358 g/mol. The molecule has 0 bridgehead atoms. The lowest BCUT2D eigenvalue weighted by atomic mass is 10.1. The molecule has 140 valence electrons. The first-order chi connectivity index (χ1) is 12.7. The first-order valence-electron chi connectivity index (χ1n) is 8.94. The molecule has 1 aromatic carbocycles. The van der Waals surface area contributed by atoms with Gasteiger partial charge in [0.25, 0.3) is 0 Å². The van der Waals surface area contributed by atoms with Gasteiger partial charge >= 0.3 is 0 Å². The topological polar surface area (TPSA) is 63.9 Å². The SMILES string of the molecule is COc1ccc(CCN(Cc2ccco2)C(=O)CNC2CC2)cc1OC. The van der Waals surface area contributed by atoms with E-state index >= 15 is 0 Å². The number of ether oxygens (including phenoxy) is 2. The van der Waals surface area contributed by atoms with Gasteiger partial charge in [0, 0.05) is 12.6 Å². The monoisotopic (exact) mass is 358 g/mol. The van der Waals surface area contributed by atoms with Crippen LogP contribution in [-0.4, -0.2) is 44.2 Å². The Morgan fingerprint density at radius 1 is 1.23 bits per heavy atom. The molecule has 26 heavy (non-hydrogen) atoms. The van der Waals surface area contributed by atoms with Crippen LogP contribution >= 0.6 is 0 Å². The number of benzene rings is 1. The summed E-state index contributed by atoms with van der Waals surface area (Å²) in [6.45, 7) is 1.46. The minimum atomic E-state index is 0.0915. The third-order valence-electron chi connectivity index (χ3n) is 4.52. The Balaban J connectivity index is 1.63. The van der Waals surface area contributed by atoms with Crippen molar-refractivity contribution in [2.75, 3.05) is 27.3 Å². The van der Waals surface area contributed by atoms with Crippen molar-refractivity contribution in [1.82, 2.24) is 10.2 Å². The predicted octanol–water partition coefficient (Wildman–Crippen LogP) is 2.62. The van der Waals surface area contributed by atoms with Crippen LogP contribution in [0.25, 0.3) is 0 Å². The normalized spacial score (nSPS) is 13.5. The molecular formula is C20H26N2O4. The third-order valence-corrected chi connectivity index (χ3v) is 4.52. The number of amides is 1. The predicted molar refractivity (Wildman–Crippen MR) is 98.4 cm³/mol. The molecule has 6 heteroatoms. The number of carbonyl (C=O) groups excluding carboxylic acids is 1. The molecule has 0 saturated heterocycles. The Morgan fingerprint density at radius 2 is 2.04 bits per heavy atom. The Hall–Kier alpha value is -2.47. The molecule has 2 aromatic rings. The maximum Gasteiger partial charge on any atom is 0.236 e. The highest BCUT2D eigenvalue weighted by molar-refractivity contribution is 5.78. The molecule has 0 aliphatic heterocycles. The highest BCUT2D eigenvalue weighted by Crippen LogP contribution is 2.27. The lowest BCUT2D eigenvalue weighted by Crippen LogP contribution is -2.39. The van der Waals surface area contributed by atoms with Crippen LogP contribution in [0.15, 0.2) is 41.0 Å². The summed E-state index contributed by atoms with van der Waals surface area (Å²) in [5, 5.41) is 3.29. The van der Waals surface area contributed by atoms with Crippen LogP contribution in [0.3, 0.4) is 0 Å². The van der Waals surface area contributed by atoms with Crippen molar-refractivity contribution < 1.29 is 18.7 Å². The summed E-state index contributed by atoms with van der Waals surface area (Å²) in [6.07, 6.45) is 4.69. The molecule has 1 heterocycles. The summed E-state index contributed by atoms with van der Waals surface area (Å²) in [5.41, 5.74) is 1.09. The molecule has 1 aliphatic rings. The largest absolute Gasteiger partial charge is 0.493 e. The lowest BCUT2D eigenvalue weighted by molar-refractivity contribution is -0.131. The van der Waals surface area contributed by atoms with Crippen molar-refractivity contribution in [2.45, 2.75) is 31.8 Å². The van der Waals surface area contributed by atoms with Crippen molar-refractivity contribution in [3.63, 3.8) is 0 Å². The summed E-state index contributed by atoms with van der Waals surface area (Å²) < 4.78 is 16.1. The second-order valence-electron chi connectivity index (χ2n) is 6.49. The first kappa shape index (κ1) is 18.3. The molecule has 0 atom stereocenters. The van der Waals surface area contributed by atoms with Crippen molar-refractivity contribution in [1.29, 1.82) is 0 Å². The standard InChI is InChI=1S/C20H26N2O4/c1-24-18-8-5-15(12-19(18)25-2)9-10-22(14-17-4-3-11-26-17)20(23)13-21-16-6-7-16/h3-5,8,11-12,16,21H,6-7,9-10,13-14H2,1-2H3. The van der Waals surface area contributed by atoms with Crippen molar-refractivity contribution >= 4 is 5.91 Å². The van der Waals surface area contributed by atoms with Crippen LogP contribution in [0.5, 0.6) is 11.5 Å². The molecule has 0 radical (unpaired) electrons. The van der Waals surface area contributed by atoms with Gasteiger partial charge in [-0.3, -0.25) is 4.79 Å². The summed E-state index contributed by atoms with van der Waals surface area (Å²) in [6, 6.07) is 10.1. The summed E-state index contributed by atoms with van der Waals surface area (Å²) in [4.78, 5) is 14.5. The maximum atomic E-state index is 12.6. The molecule has 0 spiro atoms. The molecular weight excluding hydrogens is 332 g/mol. The van der Waals surface area contributed by atoms with Gasteiger partial charge in [0.2, 0.25) is 5.91 Å². The Morgan fingerprint density at radius 3 is 2.69 bits per heavy atom. The second kappa shape index (κ2) is 8.76. The highest BCUT2D eigenvalue weighted by Gasteiger charge is 2.23. The Labute approximate surface area is 154 Å². The van der Waals surface area contributed by atoms with Gasteiger partial charge < -0.3 is 24.1 Å². The summed E-state index contributed by atoms with van der Waals surface area (Å²) >= 11 is 0. The van der Waals surface area contributed by atoms with Gasteiger partial charge in [-0.05, 0) is 49.1 Å². The highest BCUT2D eigenvalue weighted by atomic mass is 16.5. The van der Waals surface area contributed by atoms with E-state index in [9.17, 15) is 4.79 Å². The Kier molecular flexibility index (Phi) is 6.17. The van der Waals surface area contributed by atoms with E-state index in [4.69, 9.17) is 13.9 Å². The van der Waals surface area contributed by atoms with Gasteiger partial charge in [-0.1, -0.05) is 6.07 Å². The van der Waals surface area contributed by atoms with E-state index in [1.807, 2.05) is 35.2 Å². The lowest BCUT2D eigenvalue weighted by Gasteiger charge is -2.22. The minimum Gasteiger partial charge on any atom is -0.493 e. The third kappa shape index (κ3) is 5.02. The van der Waals surface area contributed by atoms with Crippen LogP contribution < -0.4 is 14.8 Å². The van der Waals surface area contributed by atoms with E-state index in [0.717, 1.165) is 30.6 Å². The van der Waals surface area contributed by atoms with Crippen LogP contribution in [-0.2, 0) is 17.8 Å². The molecule has 1 aliphatic carbocycles. The molecule has 3 rings (SSSR count). The van der Waals surface area contributed by atoms with Gasteiger partial charge in [0.15, 0.2) is 11.5 Å². The molecule has 1 aromatic heterocycles. The molecule has 1 amide bonds. The van der Waals surface area contributed by atoms with Crippen LogP contribution in [0.4, 0.5) is 0 Å². The fraction of sp³-hybridized carbons (Fsp3) is 0.450. The van der Waals surface area contributed by atoms with Crippen LogP contribution in [0, 0.1) is 0 Å². The minimum absolute atomic E-state index is 0.0915. The Bertz CT molecular complexity index is 711. The number of rotatable bonds is 10. The fourth-order valence-corrected chi connectivity index (χ4v) is 2.81. The van der Waals surface area contributed by atoms with E-state index in [2.05, 4.69) is 5.32 Å². The van der Waals surface area contributed by atoms with Gasteiger partial charge in [-0.15, -0.1) is 0 Å². The molecule has 1 saturated carbocycles. The number of nitrogens with zero attached hydrogens (tertiary/aromatic N) is 1. The van der Waals surface area contributed by atoms with E-state index in [-0.39, 0.29) is 5.91 Å². The van der Waals surface area contributed by atoms with E-state index < -0.39 is 0 Å². The zero-order valence-corrected chi connectivity index (χ0v) is 15.4. The average Bonchev–Trinajstić information content (AvgIpc) is 3.36. The van der Waals surface area contributed by atoms with Gasteiger partial charge in [-0.2, -0.15) is 0 Å². The van der Waals surface area contributed by atoms with Crippen molar-refractivity contribution in [3.8, 4) is 11.5 Å². The van der Waals surface area contributed by atoms with Gasteiger partial charge in [-0.25, -0.2) is 0 Å². The number of methoxy groups -OCH3 is 2. The van der Waals surface area contributed by atoms with Gasteiger partial charge in [0.1, 0.15) is 5.76 Å². The second-order valence-corrected chi connectivity index (χ2v) is 6.49. The molecule has 0 unspecified atom stereocenters. The molecule has 1 N–H and O–H groups in total. The molecule has 1 fully saturated rings. The van der Waals surface area contributed by atoms with Crippen LogP contribution in [0.2, 0.25) is 0 Å². The molecule has 6 nitrogen and oxygen atoms in total. The van der Waals surface area contributed by atoms with Crippen LogP contribution in [0.1, 0.15) is 24.2 Å². The van der Waals surface area contributed by atoms with Gasteiger partial charge in [0.05, 0.1) is 33.6 Å².